The molecule has 0 saturated heterocycles. The van der Waals surface area contributed by atoms with E-state index in [0.29, 0.717) is 29.7 Å². The van der Waals surface area contributed by atoms with Gasteiger partial charge in [0, 0.05) is 46.8 Å². The molecule has 2 aromatic heterocycles. The normalized spacial score (nSPS) is 11.0. The zero-order valence-electron chi connectivity index (χ0n) is 14.8. The minimum absolute atomic E-state index is 0.359. The van der Waals surface area contributed by atoms with Crippen LogP contribution in [0.2, 0.25) is 0 Å². The summed E-state index contributed by atoms with van der Waals surface area (Å²) in [6.07, 6.45) is 4.14. The SMILES string of the molecule is COc1ccc2c(C(=O)C(=O)NCCc3c[nH]c4ccccc34)c[nH]c2c1. The van der Waals surface area contributed by atoms with Crippen molar-refractivity contribution in [1.82, 2.24) is 15.3 Å². The van der Waals surface area contributed by atoms with Crippen LogP contribution in [0.1, 0.15) is 15.9 Å². The van der Waals surface area contributed by atoms with Crippen LogP contribution in [-0.2, 0) is 11.2 Å². The van der Waals surface area contributed by atoms with Crippen LogP contribution in [0, 0.1) is 0 Å². The molecule has 4 aromatic rings. The summed E-state index contributed by atoms with van der Waals surface area (Å²) < 4.78 is 5.17. The molecule has 0 saturated carbocycles. The van der Waals surface area contributed by atoms with Crippen molar-refractivity contribution in [2.75, 3.05) is 13.7 Å². The molecule has 2 heterocycles. The van der Waals surface area contributed by atoms with E-state index >= 15 is 0 Å². The molecule has 0 unspecified atom stereocenters. The number of Topliss-reactive ketones (excluding diaryl/α,β-unsaturated/α-hetero) is 1. The van der Waals surface area contributed by atoms with Crippen LogP contribution in [0.3, 0.4) is 0 Å². The van der Waals surface area contributed by atoms with Crippen LogP contribution < -0.4 is 10.1 Å². The number of hydrogen-bond acceptors (Lipinski definition) is 3. The summed E-state index contributed by atoms with van der Waals surface area (Å²) in [6.45, 7) is 0.391. The van der Waals surface area contributed by atoms with Crippen molar-refractivity contribution < 1.29 is 14.3 Å². The standard InChI is InChI=1S/C21H19N3O3/c1-27-14-6-7-16-17(12-24-19(16)10-14)20(25)21(26)22-9-8-13-11-23-18-5-3-2-4-15(13)18/h2-7,10-12,23-24H,8-9H2,1H3,(H,22,26). The van der Waals surface area contributed by atoms with Crippen LogP contribution in [0.25, 0.3) is 21.8 Å². The van der Waals surface area contributed by atoms with Gasteiger partial charge in [0.05, 0.1) is 12.7 Å². The van der Waals surface area contributed by atoms with Crippen LogP contribution in [-0.4, -0.2) is 35.3 Å². The Hall–Kier alpha value is -3.54. The number of fused-ring (bicyclic) bond motifs is 2. The van der Waals surface area contributed by atoms with E-state index in [2.05, 4.69) is 15.3 Å². The van der Waals surface area contributed by atoms with Crippen molar-refractivity contribution in [3.05, 3.63) is 66.0 Å². The number of aromatic nitrogens is 2. The number of carbonyl (C=O) groups excluding carboxylic acids is 2. The fourth-order valence-electron chi connectivity index (χ4n) is 3.27. The summed E-state index contributed by atoms with van der Waals surface area (Å²) in [7, 11) is 1.58. The molecule has 0 aliphatic rings. The van der Waals surface area contributed by atoms with Gasteiger partial charge in [0.25, 0.3) is 11.7 Å². The molecule has 0 aliphatic heterocycles. The van der Waals surface area contributed by atoms with Crippen LogP contribution in [0.5, 0.6) is 5.75 Å². The lowest BCUT2D eigenvalue weighted by Crippen LogP contribution is -2.32. The Kier molecular flexibility index (Phi) is 4.38. The summed E-state index contributed by atoms with van der Waals surface area (Å²) in [5.74, 6) is -0.469. The van der Waals surface area contributed by atoms with Crippen molar-refractivity contribution >= 4 is 33.5 Å². The number of rotatable bonds is 6. The maximum atomic E-state index is 12.5. The van der Waals surface area contributed by atoms with E-state index < -0.39 is 11.7 Å². The van der Waals surface area contributed by atoms with Crippen molar-refractivity contribution in [2.45, 2.75) is 6.42 Å². The molecule has 27 heavy (non-hydrogen) atoms. The number of para-hydroxylation sites is 1. The predicted molar refractivity (Wildman–Crippen MR) is 104 cm³/mol. The molecule has 0 aliphatic carbocycles. The van der Waals surface area contributed by atoms with E-state index in [1.807, 2.05) is 30.5 Å². The van der Waals surface area contributed by atoms with E-state index in [9.17, 15) is 9.59 Å². The number of nitrogens with one attached hydrogen (secondary N) is 3. The Labute approximate surface area is 155 Å². The van der Waals surface area contributed by atoms with Crippen molar-refractivity contribution in [3.63, 3.8) is 0 Å². The lowest BCUT2D eigenvalue weighted by atomic mass is 10.1. The third kappa shape index (κ3) is 3.17. The minimum Gasteiger partial charge on any atom is -0.497 e. The van der Waals surface area contributed by atoms with Gasteiger partial charge in [-0.05, 0) is 30.2 Å². The molecular weight excluding hydrogens is 342 g/mol. The predicted octanol–water partition coefficient (Wildman–Crippen LogP) is 3.20. The molecule has 0 radical (unpaired) electrons. The van der Waals surface area contributed by atoms with E-state index in [1.165, 1.54) is 0 Å². The average Bonchev–Trinajstić information content (AvgIpc) is 3.31. The second-order valence-corrected chi connectivity index (χ2v) is 6.31. The highest BCUT2D eigenvalue weighted by molar-refractivity contribution is 6.44. The summed E-state index contributed by atoms with van der Waals surface area (Å²) in [6, 6.07) is 13.3. The van der Waals surface area contributed by atoms with E-state index in [0.717, 1.165) is 22.0 Å². The van der Waals surface area contributed by atoms with Gasteiger partial charge in [0.15, 0.2) is 0 Å². The van der Waals surface area contributed by atoms with Crippen molar-refractivity contribution in [3.8, 4) is 5.75 Å². The maximum Gasteiger partial charge on any atom is 0.292 e. The Balaban J connectivity index is 1.43. The van der Waals surface area contributed by atoms with Gasteiger partial charge in [-0.1, -0.05) is 18.2 Å². The quantitative estimate of drug-likeness (QED) is 0.364. The summed E-state index contributed by atoms with van der Waals surface area (Å²) in [4.78, 5) is 31.0. The maximum absolute atomic E-state index is 12.5. The number of aromatic amines is 2. The molecule has 0 spiro atoms. The van der Waals surface area contributed by atoms with Gasteiger partial charge in [0.1, 0.15) is 5.75 Å². The zero-order valence-corrected chi connectivity index (χ0v) is 14.8. The molecule has 6 heteroatoms. The van der Waals surface area contributed by atoms with Gasteiger partial charge in [-0.2, -0.15) is 0 Å². The highest BCUT2D eigenvalue weighted by atomic mass is 16.5. The second kappa shape index (κ2) is 6.99. The van der Waals surface area contributed by atoms with Crippen molar-refractivity contribution in [1.29, 1.82) is 0 Å². The lowest BCUT2D eigenvalue weighted by molar-refractivity contribution is -0.116. The molecule has 136 valence electrons. The zero-order chi connectivity index (χ0) is 18.8. The molecule has 1 amide bonds. The highest BCUT2D eigenvalue weighted by Crippen LogP contribution is 2.23. The topological polar surface area (TPSA) is 87.0 Å². The van der Waals surface area contributed by atoms with Gasteiger partial charge < -0.3 is 20.0 Å². The molecular formula is C21H19N3O3. The fourth-order valence-corrected chi connectivity index (χ4v) is 3.27. The monoisotopic (exact) mass is 361 g/mol. The summed E-state index contributed by atoms with van der Waals surface area (Å²) in [5, 5.41) is 4.55. The lowest BCUT2D eigenvalue weighted by Gasteiger charge is -2.04. The number of H-pyrrole nitrogens is 2. The Morgan fingerprint density at radius 2 is 1.81 bits per heavy atom. The number of methoxy groups -OCH3 is 1. The number of hydrogen-bond donors (Lipinski definition) is 3. The van der Waals surface area contributed by atoms with Crippen LogP contribution in [0.4, 0.5) is 0 Å². The van der Waals surface area contributed by atoms with Gasteiger partial charge >= 0.3 is 0 Å². The molecule has 3 N–H and O–H groups in total. The Bertz CT molecular complexity index is 1140. The molecule has 0 bridgehead atoms. The smallest absolute Gasteiger partial charge is 0.292 e. The highest BCUT2D eigenvalue weighted by Gasteiger charge is 2.20. The molecule has 0 fully saturated rings. The van der Waals surface area contributed by atoms with E-state index in [1.54, 1.807) is 31.5 Å². The van der Waals surface area contributed by atoms with E-state index in [4.69, 9.17) is 4.74 Å². The third-order valence-corrected chi connectivity index (χ3v) is 4.69. The molecule has 0 atom stereocenters. The number of ether oxygens (including phenoxy) is 1. The number of ketones is 1. The Morgan fingerprint density at radius 3 is 2.67 bits per heavy atom. The Morgan fingerprint density at radius 1 is 1.00 bits per heavy atom. The first-order valence-electron chi connectivity index (χ1n) is 8.70. The number of amides is 1. The largest absolute Gasteiger partial charge is 0.497 e. The van der Waals surface area contributed by atoms with Crippen molar-refractivity contribution in [2.24, 2.45) is 0 Å². The minimum atomic E-state index is -0.605. The average molecular weight is 361 g/mol. The van der Waals surface area contributed by atoms with E-state index in [-0.39, 0.29) is 0 Å². The van der Waals surface area contributed by atoms with Gasteiger partial charge in [-0.25, -0.2) is 0 Å². The second-order valence-electron chi connectivity index (χ2n) is 6.31. The van der Waals surface area contributed by atoms with Gasteiger partial charge in [-0.3, -0.25) is 9.59 Å². The first kappa shape index (κ1) is 16.9. The van der Waals surface area contributed by atoms with Crippen LogP contribution in [0.15, 0.2) is 54.9 Å². The van der Waals surface area contributed by atoms with Gasteiger partial charge in [0.2, 0.25) is 0 Å². The summed E-state index contributed by atoms with van der Waals surface area (Å²) in [5.41, 5.74) is 3.28. The number of carbonyl (C=O) groups is 2. The first-order chi connectivity index (χ1) is 13.2. The fraction of sp³-hybridized carbons (Fsp3) is 0.143. The molecule has 6 nitrogen and oxygen atoms in total. The van der Waals surface area contributed by atoms with Crippen LogP contribution >= 0.6 is 0 Å². The third-order valence-electron chi connectivity index (χ3n) is 4.69. The summed E-state index contributed by atoms with van der Waals surface area (Å²) >= 11 is 0. The first-order valence-corrected chi connectivity index (χ1v) is 8.70. The molecule has 4 rings (SSSR count). The van der Waals surface area contributed by atoms with Gasteiger partial charge in [-0.15, -0.1) is 0 Å². The molecule has 2 aromatic carbocycles. The number of benzene rings is 2.